The second-order valence-corrected chi connectivity index (χ2v) is 4.59. The van der Waals surface area contributed by atoms with E-state index in [2.05, 4.69) is 6.07 Å². The predicted octanol–water partition coefficient (Wildman–Crippen LogP) is 2.23. The number of rotatable bonds is 2. The highest BCUT2D eigenvalue weighted by Crippen LogP contribution is 2.25. The maximum atomic E-state index is 12.2. The first-order valence-electron chi connectivity index (χ1n) is 5.62. The van der Waals surface area contributed by atoms with Crippen molar-refractivity contribution >= 4 is 11.7 Å². The first-order valence-corrected chi connectivity index (χ1v) is 5.62. The molecule has 0 N–H and O–H groups in total. The summed E-state index contributed by atoms with van der Waals surface area (Å²) in [5.41, 5.74) is 0.134. The lowest BCUT2D eigenvalue weighted by Gasteiger charge is -2.28. The monoisotopic (exact) mass is 229 g/mol. The average Bonchev–Trinajstić information content (AvgIpc) is 2.73. The zero-order valence-corrected chi connectivity index (χ0v) is 10.1. The fraction of sp³-hybridized carbons (Fsp3) is 0.385. The van der Waals surface area contributed by atoms with Gasteiger partial charge in [0.05, 0.1) is 6.07 Å². The summed E-state index contributed by atoms with van der Waals surface area (Å²) in [6, 6.07) is 11.6. The molecule has 1 aromatic carbocycles. The minimum Gasteiger partial charge on any atom is -0.304 e. The van der Waals surface area contributed by atoms with E-state index >= 15 is 0 Å². The zero-order chi connectivity index (χ0) is 12.5. The largest absolute Gasteiger partial charge is 0.325 e. The highest BCUT2D eigenvalue weighted by atomic mass is 16.2. The zero-order valence-electron chi connectivity index (χ0n) is 10.1. The molecule has 2 amide bonds. The molecule has 4 nitrogen and oxygen atoms in total. The van der Waals surface area contributed by atoms with Gasteiger partial charge in [0.25, 0.3) is 0 Å². The van der Waals surface area contributed by atoms with Gasteiger partial charge in [0.1, 0.15) is 5.54 Å². The summed E-state index contributed by atoms with van der Waals surface area (Å²) in [5, 5.41) is 9.07. The molecule has 88 valence electrons. The number of amides is 2. The quantitative estimate of drug-likeness (QED) is 0.780. The molecule has 0 saturated carbocycles. The topological polar surface area (TPSA) is 47.3 Å². The minimum atomic E-state index is -0.749. The van der Waals surface area contributed by atoms with Crippen LogP contribution in [0.15, 0.2) is 30.3 Å². The summed E-state index contributed by atoms with van der Waals surface area (Å²) >= 11 is 0. The van der Waals surface area contributed by atoms with Crippen LogP contribution in [-0.4, -0.2) is 29.6 Å². The van der Waals surface area contributed by atoms with Gasteiger partial charge in [0, 0.05) is 18.8 Å². The molecular weight excluding hydrogens is 214 g/mol. The van der Waals surface area contributed by atoms with Crippen molar-refractivity contribution in [2.24, 2.45) is 0 Å². The Morgan fingerprint density at radius 1 is 1.24 bits per heavy atom. The van der Waals surface area contributed by atoms with Crippen molar-refractivity contribution in [3.63, 3.8) is 0 Å². The van der Waals surface area contributed by atoms with E-state index in [0.29, 0.717) is 13.1 Å². The maximum Gasteiger partial charge on any atom is 0.325 e. The normalized spacial score (nSPS) is 16.2. The average molecular weight is 229 g/mol. The Balaban J connectivity index is 2.23. The van der Waals surface area contributed by atoms with Gasteiger partial charge in [-0.15, -0.1) is 0 Å². The van der Waals surface area contributed by atoms with Crippen LogP contribution in [0.25, 0.3) is 0 Å². The van der Waals surface area contributed by atoms with Crippen LogP contribution in [0.5, 0.6) is 0 Å². The number of nitriles is 1. The molecule has 0 spiro atoms. The van der Waals surface area contributed by atoms with Gasteiger partial charge in [-0.2, -0.15) is 5.26 Å². The van der Waals surface area contributed by atoms with Crippen LogP contribution in [0.1, 0.15) is 13.8 Å². The van der Waals surface area contributed by atoms with Gasteiger partial charge < -0.3 is 4.90 Å². The van der Waals surface area contributed by atoms with E-state index < -0.39 is 5.54 Å². The maximum absolute atomic E-state index is 12.2. The van der Waals surface area contributed by atoms with Gasteiger partial charge in [-0.05, 0) is 26.0 Å². The van der Waals surface area contributed by atoms with Crippen molar-refractivity contribution in [2.75, 3.05) is 18.0 Å². The first kappa shape index (κ1) is 11.5. The molecule has 2 rings (SSSR count). The van der Waals surface area contributed by atoms with Crippen LogP contribution >= 0.6 is 0 Å². The second-order valence-electron chi connectivity index (χ2n) is 4.59. The molecule has 0 aromatic heterocycles. The molecule has 4 heteroatoms. The Bertz CT molecular complexity index is 461. The molecule has 17 heavy (non-hydrogen) atoms. The third kappa shape index (κ3) is 1.96. The van der Waals surface area contributed by atoms with Gasteiger partial charge in [-0.25, -0.2) is 4.79 Å². The lowest BCUT2D eigenvalue weighted by Crippen LogP contribution is -2.45. The highest BCUT2D eigenvalue weighted by Gasteiger charge is 2.38. The molecular formula is C13H15N3O. The van der Waals surface area contributed by atoms with Crippen LogP contribution in [0, 0.1) is 11.3 Å². The summed E-state index contributed by atoms with van der Waals surface area (Å²) < 4.78 is 0. The van der Waals surface area contributed by atoms with Crippen molar-refractivity contribution in [3.8, 4) is 6.07 Å². The molecule has 1 aromatic rings. The van der Waals surface area contributed by atoms with E-state index in [9.17, 15) is 4.79 Å². The van der Waals surface area contributed by atoms with E-state index in [-0.39, 0.29) is 6.03 Å². The Morgan fingerprint density at radius 3 is 2.47 bits per heavy atom. The molecule has 0 bridgehead atoms. The number of benzene rings is 1. The van der Waals surface area contributed by atoms with Crippen LogP contribution in [0.4, 0.5) is 10.5 Å². The molecule has 1 aliphatic heterocycles. The van der Waals surface area contributed by atoms with Crippen LogP contribution < -0.4 is 4.90 Å². The number of hydrogen-bond donors (Lipinski definition) is 0. The number of anilines is 1. The number of carbonyl (C=O) groups excluding carboxylic acids is 1. The van der Waals surface area contributed by atoms with Crippen molar-refractivity contribution < 1.29 is 4.79 Å². The predicted molar refractivity (Wildman–Crippen MR) is 65.6 cm³/mol. The SMILES string of the molecule is CC(C)(C#N)N1CCN(c2ccccc2)C1=O. The van der Waals surface area contributed by atoms with Crippen LogP contribution in [0.2, 0.25) is 0 Å². The summed E-state index contributed by atoms with van der Waals surface area (Å²) in [5.74, 6) is 0. The Morgan fingerprint density at radius 2 is 1.88 bits per heavy atom. The lowest BCUT2D eigenvalue weighted by molar-refractivity contribution is 0.189. The standard InChI is InChI=1S/C13H15N3O/c1-13(2,10-14)16-9-8-15(12(16)17)11-6-4-3-5-7-11/h3-7H,8-9H2,1-2H3. The van der Waals surface area contributed by atoms with Crippen molar-refractivity contribution in [3.05, 3.63) is 30.3 Å². The molecule has 1 fully saturated rings. The summed E-state index contributed by atoms with van der Waals surface area (Å²) in [6.45, 7) is 4.75. The van der Waals surface area contributed by atoms with Gasteiger partial charge >= 0.3 is 6.03 Å². The Labute approximate surface area is 101 Å². The molecule has 1 heterocycles. The van der Waals surface area contributed by atoms with E-state index in [0.717, 1.165) is 5.69 Å². The Hall–Kier alpha value is -2.02. The van der Waals surface area contributed by atoms with Crippen LogP contribution in [-0.2, 0) is 0 Å². The summed E-state index contributed by atoms with van der Waals surface area (Å²) in [4.78, 5) is 15.5. The third-order valence-corrected chi connectivity index (χ3v) is 3.03. The van der Waals surface area contributed by atoms with E-state index in [4.69, 9.17) is 5.26 Å². The molecule has 0 radical (unpaired) electrons. The van der Waals surface area contributed by atoms with Crippen molar-refractivity contribution in [1.82, 2.24) is 4.90 Å². The summed E-state index contributed by atoms with van der Waals surface area (Å²) in [6.07, 6.45) is 0. The number of para-hydroxylation sites is 1. The smallest absolute Gasteiger partial charge is 0.304 e. The fourth-order valence-corrected chi connectivity index (χ4v) is 1.96. The van der Waals surface area contributed by atoms with Gasteiger partial charge in [-0.3, -0.25) is 4.90 Å². The first-order chi connectivity index (χ1) is 8.06. The molecule has 1 saturated heterocycles. The van der Waals surface area contributed by atoms with E-state index in [1.54, 1.807) is 23.6 Å². The lowest BCUT2D eigenvalue weighted by atomic mass is 10.1. The fourth-order valence-electron chi connectivity index (χ4n) is 1.96. The molecule has 0 unspecified atom stereocenters. The number of hydrogen-bond acceptors (Lipinski definition) is 2. The third-order valence-electron chi connectivity index (χ3n) is 3.03. The van der Waals surface area contributed by atoms with E-state index in [1.807, 2.05) is 30.3 Å². The van der Waals surface area contributed by atoms with E-state index in [1.165, 1.54) is 0 Å². The minimum absolute atomic E-state index is 0.0947. The summed E-state index contributed by atoms with van der Waals surface area (Å²) in [7, 11) is 0. The van der Waals surface area contributed by atoms with Crippen molar-refractivity contribution in [1.29, 1.82) is 5.26 Å². The molecule has 1 aliphatic rings. The number of nitrogens with zero attached hydrogens (tertiary/aromatic N) is 3. The van der Waals surface area contributed by atoms with Gasteiger partial charge in [0.2, 0.25) is 0 Å². The van der Waals surface area contributed by atoms with Crippen LogP contribution in [0.3, 0.4) is 0 Å². The highest BCUT2D eigenvalue weighted by molar-refractivity contribution is 5.94. The second kappa shape index (κ2) is 4.10. The number of urea groups is 1. The number of carbonyl (C=O) groups is 1. The van der Waals surface area contributed by atoms with Gasteiger partial charge in [-0.1, -0.05) is 18.2 Å². The molecule has 0 atom stereocenters. The van der Waals surface area contributed by atoms with Crippen molar-refractivity contribution in [2.45, 2.75) is 19.4 Å². The Kier molecular flexibility index (Phi) is 2.76. The van der Waals surface area contributed by atoms with Gasteiger partial charge in [0.15, 0.2) is 0 Å². The molecule has 0 aliphatic carbocycles.